The molecule has 0 saturated heterocycles. The molecule has 0 spiro atoms. The first-order valence-corrected chi connectivity index (χ1v) is 20.4. The van der Waals surface area contributed by atoms with E-state index in [0.29, 0.717) is 6.54 Å². The van der Waals surface area contributed by atoms with Crippen LogP contribution in [0.15, 0.2) is 97.1 Å². The van der Waals surface area contributed by atoms with Crippen LogP contribution in [0.1, 0.15) is 30.5 Å². The summed E-state index contributed by atoms with van der Waals surface area (Å²) in [4.78, 5) is 9.45. The van der Waals surface area contributed by atoms with Crippen molar-refractivity contribution in [3.8, 4) is 38.4 Å². The maximum Gasteiger partial charge on any atom is 0.188 e. The minimum Gasteiger partial charge on any atom is -0.488 e. The number of hydrogen-bond donors (Lipinski definition) is 3. The molecule has 2 heterocycles. The summed E-state index contributed by atoms with van der Waals surface area (Å²) >= 11 is 3.28. The Kier molecular flexibility index (Phi) is 14.3. The van der Waals surface area contributed by atoms with Gasteiger partial charge in [-0.2, -0.15) is 0 Å². The summed E-state index contributed by atoms with van der Waals surface area (Å²) in [5.74, 6) is 2.54. The molecular formula is C45H50N4O6S2. The number of thiazole rings is 2. The fourth-order valence-corrected chi connectivity index (χ4v) is 8.07. The molecule has 0 fully saturated rings. The zero-order valence-electron chi connectivity index (χ0n) is 33.4. The number of aliphatic hydroxyl groups excluding tert-OH is 1. The van der Waals surface area contributed by atoms with Gasteiger partial charge in [0.2, 0.25) is 0 Å². The van der Waals surface area contributed by atoms with Gasteiger partial charge in [0.15, 0.2) is 13.6 Å². The van der Waals surface area contributed by atoms with Gasteiger partial charge in [-0.3, -0.25) is 0 Å². The number of benzene rings is 5. The Labute approximate surface area is 342 Å². The van der Waals surface area contributed by atoms with Crippen LogP contribution < -0.4 is 24.8 Å². The van der Waals surface area contributed by atoms with Crippen LogP contribution in [-0.4, -0.2) is 68.2 Å². The van der Waals surface area contributed by atoms with E-state index in [0.717, 1.165) is 76.7 Å². The average molecular weight is 807 g/mol. The minimum atomic E-state index is -0.372. The van der Waals surface area contributed by atoms with Crippen molar-refractivity contribution in [1.82, 2.24) is 9.97 Å². The number of nitrogens with zero attached hydrogens (tertiary/aromatic N) is 2. The van der Waals surface area contributed by atoms with Gasteiger partial charge < -0.3 is 39.4 Å². The summed E-state index contributed by atoms with van der Waals surface area (Å²) in [5.41, 5.74) is 9.74. The largest absolute Gasteiger partial charge is 0.488 e. The van der Waals surface area contributed by atoms with Crippen molar-refractivity contribution in [2.45, 2.75) is 46.8 Å². The Bertz CT molecular complexity index is 2340. The zero-order valence-corrected chi connectivity index (χ0v) is 35.1. The maximum atomic E-state index is 9.31. The molecule has 7 aromatic rings. The number of aromatic nitrogens is 2. The van der Waals surface area contributed by atoms with E-state index in [1.807, 2.05) is 60.7 Å². The summed E-state index contributed by atoms with van der Waals surface area (Å²) in [5, 5.41) is 17.9. The van der Waals surface area contributed by atoms with Gasteiger partial charge in [-0.05, 0) is 131 Å². The van der Waals surface area contributed by atoms with Gasteiger partial charge in [0.1, 0.15) is 33.4 Å². The van der Waals surface area contributed by atoms with Gasteiger partial charge in [-0.25, -0.2) is 9.97 Å². The first kappa shape index (κ1) is 41.4. The van der Waals surface area contributed by atoms with Crippen LogP contribution in [0.4, 0.5) is 11.4 Å². The van der Waals surface area contributed by atoms with Crippen molar-refractivity contribution in [3.05, 3.63) is 114 Å². The minimum absolute atomic E-state index is 0.0450. The van der Waals surface area contributed by atoms with Crippen LogP contribution in [0.25, 0.3) is 41.6 Å². The van der Waals surface area contributed by atoms with Crippen LogP contribution >= 0.6 is 22.7 Å². The lowest BCUT2D eigenvalue weighted by atomic mass is 10.1. The number of fused-ring (bicyclic) bond motifs is 2. The molecule has 0 aliphatic rings. The van der Waals surface area contributed by atoms with E-state index < -0.39 is 0 Å². The summed E-state index contributed by atoms with van der Waals surface area (Å²) in [7, 11) is 3.21. The molecule has 5 aromatic carbocycles. The Morgan fingerprint density at radius 2 is 1.07 bits per heavy atom. The second-order valence-corrected chi connectivity index (χ2v) is 15.9. The molecule has 10 nitrogen and oxygen atoms in total. The van der Waals surface area contributed by atoms with E-state index in [2.05, 4.69) is 79.7 Å². The summed E-state index contributed by atoms with van der Waals surface area (Å²) < 4.78 is 29.3. The lowest BCUT2D eigenvalue weighted by molar-refractivity contribution is 0.0511. The number of ether oxygens (including phenoxy) is 5. The van der Waals surface area contributed by atoms with E-state index in [9.17, 15) is 5.11 Å². The molecular weight excluding hydrogens is 757 g/mol. The third-order valence-corrected chi connectivity index (χ3v) is 10.9. The Morgan fingerprint density at radius 3 is 1.51 bits per heavy atom. The van der Waals surface area contributed by atoms with Crippen molar-refractivity contribution in [2.24, 2.45) is 0 Å². The molecule has 0 aliphatic carbocycles. The van der Waals surface area contributed by atoms with Crippen LogP contribution in [0, 0.1) is 20.8 Å². The predicted molar refractivity (Wildman–Crippen MR) is 235 cm³/mol. The van der Waals surface area contributed by atoms with Gasteiger partial charge in [-0.1, -0.05) is 17.7 Å². The van der Waals surface area contributed by atoms with Crippen LogP contribution in [0.5, 0.6) is 17.2 Å². The number of rotatable bonds is 16. The third kappa shape index (κ3) is 11.4. The third-order valence-electron chi connectivity index (χ3n) is 8.79. The van der Waals surface area contributed by atoms with Gasteiger partial charge in [0.25, 0.3) is 0 Å². The Morgan fingerprint density at radius 1 is 0.614 bits per heavy atom. The highest BCUT2D eigenvalue weighted by Crippen LogP contribution is 2.34. The standard InChI is InChI=1S/C27H30N2O3S.C18H20N2O3S/c1-17-12-18(2)26(19(3)13-17)32-20(4)15-28-22-8-6-21(7-9-22)27-29-24-11-10-23(31-16-30-5)14-25(24)33-27;1-12(21)10-19-14-5-3-13(4-6-14)18-20-16-8-7-15(23-11-22-2)9-17(16)24-18/h6-14,20,28H,15-16H2,1-5H3;3-9,12,19,21H,10-11H2,1-2H3. The monoisotopic (exact) mass is 806 g/mol. The molecule has 7 rings (SSSR count). The van der Waals surface area contributed by atoms with E-state index >= 15 is 0 Å². The number of hydrogen-bond acceptors (Lipinski definition) is 12. The average Bonchev–Trinajstić information content (AvgIpc) is 3.84. The number of nitrogens with one attached hydrogen (secondary N) is 2. The highest BCUT2D eigenvalue weighted by molar-refractivity contribution is 7.22. The molecule has 12 heteroatoms. The van der Waals surface area contributed by atoms with Gasteiger partial charge >= 0.3 is 0 Å². The van der Waals surface area contributed by atoms with Crippen LogP contribution in [-0.2, 0) is 9.47 Å². The van der Waals surface area contributed by atoms with Crippen molar-refractivity contribution in [1.29, 1.82) is 0 Å². The molecule has 2 unspecified atom stereocenters. The fourth-order valence-electron chi connectivity index (χ4n) is 6.07. The SMILES string of the molecule is COCOc1ccc2nc(-c3ccc(NCC(C)O)cc3)sc2c1.COCOc1ccc2nc(-c3ccc(NCC(C)Oc4c(C)cc(C)cc4C)cc3)sc2c1. The molecule has 0 saturated carbocycles. The summed E-state index contributed by atoms with van der Waals surface area (Å²) in [6.07, 6.45) is -0.327. The lowest BCUT2D eigenvalue weighted by Crippen LogP contribution is -2.23. The van der Waals surface area contributed by atoms with Crippen molar-refractivity contribution in [2.75, 3.05) is 51.5 Å². The van der Waals surface area contributed by atoms with Gasteiger partial charge in [0.05, 0.1) is 33.1 Å². The maximum absolute atomic E-state index is 9.31. The Balaban J connectivity index is 0.000000203. The topological polar surface area (TPSA) is 116 Å². The Hall–Kier alpha value is -5.24. The smallest absolute Gasteiger partial charge is 0.188 e. The highest BCUT2D eigenvalue weighted by Gasteiger charge is 2.12. The molecule has 298 valence electrons. The molecule has 2 atom stereocenters. The lowest BCUT2D eigenvalue weighted by Gasteiger charge is -2.20. The number of aryl methyl sites for hydroxylation is 3. The molecule has 0 amide bonds. The second-order valence-electron chi connectivity index (χ2n) is 13.8. The van der Waals surface area contributed by atoms with E-state index in [-0.39, 0.29) is 25.8 Å². The first-order chi connectivity index (χ1) is 27.6. The summed E-state index contributed by atoms with van der Waals surface area (Å²) in [6.45, 7) is 11.9. The normalized spacial score (nSPS) is 12.1. The van der Waals surface area contributed by atoms with E-state index in [4.69, 9.17) is 28.7 Å². The number of anilines is 2. The number of aliphatic hydroxyl groups is 1. The first-order valence-electron chi connectivity index (χ1n) is 18.7. The van der Waals surface area contributed by atoms with Gasteiger partial charge in [-0.15, -0.1) is 22.7 Å². The molecule has 0 aliphatic heterocycles. The van der Waals surface area contributed by atoms with Crippen LogP contribution in [0.3, 0.4) is 0 Å². The highest BCUT2D eigenvalue weighted by atomic mass is 32.1. The molecule has 3 N–H and O–H groups in total. The zero-order chi connectivity index (χ0) is 40.3. The quantitative estimate of drug-likeness (QED) is 0.0815. The predicted octanol–water partition coefficient (Wildman–Crippen LogP) is 10.5. The van der Waals surface area contributed by atoms with Crippen LogP contribution in [0.2, 0.25) is 0 Å². The van der Waals surface area contributed by atoms with Crippen molar-refractivity contribution in [3.63, 3.8) is 0 Å². The molecule has 57 heavy (non-hydrogen) atoms. The molecule has 0 bridgehead atoms. The number of methoxy groups -OCH3 is 2. The van der Waals surface area contributed by atoms with Gasteiger partial charge in [0, 0.05) is 43.3 Å². The molecule has 2 aromatic heterocycles. The fraction of sp³-hybridized carbons (Fsp3) is 0.289. The van der Waals surface area contributed by atoms with Crippen molar-refractivity contribution >= 4 is 54.5 Å². The van der Waals surface area contributed by atoms with E-state index in [1.54, 1.807) is 43.8 Å². The van der Waals surface area contributed by atoms with Crippen molar-refractivity contribution < 1.29 is 28.8 Å². The molecule has 0 radical (unpaired) electrons. The summed E-state index contributed by atoms with van der Waals surface area (Å²) in [6, 6.07) is 32.5. The second kappa shape index (κ2) is 19.8. The van der Waals surface area contributed by atoms with E-state index in [1.165, 1.54) is 16.7 Å².